The van der Waals surface area contributed by atoms with Gasteiger partial charge in [0, 0.05) is 30.3 Å². The summed E-state index contributed by atoms with van der Waals surface area (Å²) in [7, 11) is -3.40. The summed E-state index contributed by atoms with van der Waals surface area (Å²) in [4.78, 5) is 28.7. The van der Waals surface area contributed by atoms with Crippen molar-refractivity contribution in [3.63, 3.8) is 0 Å². The fourth-order valence-electron chi connectivity index (χ4n) is 2.89. The number of hydrogen-bond acceptors (Lipinski definition) is 5. The number of ether oxygens (including phenoxy) is 1. The molecule has 2 aliphatic rings. The molecule has 138 valence electrons. The predicted octanol–water partition coefficient (Wildman–Crippen LogP) is 1.08. The van der Waals surface area contributed by atoms with Crippen molar-refractivity contribution >= 4 is 27.5 Å². The van der Waals surface area contributed by atoms with Crippen LogP contribution in [0.1, 0.15) is 18.4 Å². The summed E-state index contributed by atoms with van der Waals surface area (Å²) < 4.78 is 27.4. The fourth-order valence-corrected chi connectivity index (χ4v) is 3.47. The average molecular weight is 377 g/mol. The van der Waals surface area contributed by atoms with Crippen LogP contribution in [0, 0.1) is 6.57 Å². The zero-order valence-corrected chi connectivity index (χ0v) is 15.1. The molecule has 1 aliphatic carbocycles. The molecular weight excluding hydrogens is 358 g/mol. The second-order valence-corrected chi connectivity index (χ2v) is 8.82. The first-order valence-electron chi connectivity index (χ1n) is 8.14. The maximum atomic E-state index is 12.1. The van der Waals surface area contributed by atoms with Crippen LogP contribution in [-0.2, 0) is 24.9 Å². The van der Waals surface area contributed by atoms with E-state index in [-0.39, 0.29) is 13.1 Å². The standard InChI is InChI=1S/C17H19N3O5S/c1-18-17(7-8-17)12-3-5-13(6-4-12)20-10-14(25-16(20)22)9-19-15(21)11-26(2,23)24/h3-6,14H,7-11H2,2H3,(H,19,21)/t14-/m0/s1. The van der Waals surface area contributed by atoms with E-state index in [1.165, 1.54) is 4.90 Å². The van der Waals surface area contributed by atoms with E-state index in [1.807, 2.05) is 12.1 Å². The van der Waals surface area contributed by atoms with Crippen molar-refractivity contribution in [2.45, 2.75) is 24.5 Å². The maximum absolute atomic E-state index is 12.1. The number of benzene rings is 1. The molecule has 1 N–H and O–H groups in total. The van der Waals surface area contributed by atoms with Gasteiger partial charge in [-0.15, -0.1) is 0 Å². The Bertz CT molecular complexity index is 869. The third kappa shape index (κ3) is 3.96. The van der Waals surface area contributed by atoms with Gasteiger partial charge in [-0.25, -0.2) is 19.8 Å². The Morgan fingerprint density at radius 3 is 2.58 bits per heavy atom. The highest BCUT2D eigenvalue weighted by Gasteiger charge is 2.52. The van der Waals surface area contributed by atoms with E-state index in [1.54, 1.807) is 12.1 Å². The van der Waals surface area contributed by atoms with E-state index < -0.39 is 39.2 Å². The molecule has 3 rings (SSSR count). The van der Waals surface area contributed by atoms with Crippen LogP contribution >= 0.6 is 0 Å². The van der Waals surface area contributed by atoms with Gasteiger partial charge in [-0.05, 0) is 24.3 Å². The molecule has 9 heteroatoms. The molecule has 0 spiro atoms. The highest BCUT2D eigenvalue weighted by Crippen LogP contribution is 2.49. The van der Waals surface area contributed by atoms with Crippen LogP contribution in [0.3, 0.4) is 0 Å². The zero-order valence-electron chi connectivity index (χ0n) is 14.3. The van der Waals surface area contributed by atoms with E-state index in [2.05, 4.69) is 10.2 Å². The number of carbonyl (C=O) groups excluding carboxylic acids is 2. The SMILES string of the molecule is [C-]#[N+]C1(c2ccc(N3C[C@H](CNC(=O)CS(C)(=O)=O)OC3=O)cc2)CC1. The van der Waals surface area contributed by atoms with Crippen molar-refractivity contribution in [1.29, 1.82) is 0 Å². The van der Waals surface area contributed by atoms with E-state index in [4.69, 9.17) is 11.3 Å². The molecule has 1 heterocycles. The molecule has 1 saturated heterocycles. The number of hydrogen-bond donors (Lipinski definition) is 1. The molecule has 1 saturated carbocycles. The Hall–Kier alpha value is -2.60. The number of rotatable bonds is 6. The first-order chi connectivity index (χ1) is 12.2. The van der Waals surface area contributed by atoms with Gasteiger partial charge >= 0.3 is 6.09 Å². The van der Waals surface area contributed by atoms with Crippen molar-refractivity contribution in [2.24, 2.45) is 0 Å². The van der Waals surface area contributed by atoms with Gasteiger partial charge in [0.2, 0.25) is 5.91 Å². The molecule has 0 unspecified atom stereocenters. The van der Waals surface area contributed by atoms with Gasteiger partial charge in [-0.1, -0.05) is 0 Å². The minimum Gasteiger partial charge on any atom is -0.442 e. The second kappa shape index (κ2) is 6.61. The molecular formula is C17H19N3O5S. The van der Waals surface area contributed by atoms with Crippen LogP contribution < -0.4 is 10.2 Å². The van der Waals surface area contributed by atoms with Gasteiger partial charge < -0.3 is 14.9 Å². The van der Waals surface area contributed by atoms with Crippen LogP contribution in [0.5, 0.6) is 0 Å². The lowest BCUT2D eigenvalue weighted by molar-refractivity contribution is -0.119. The van der Waals surface area contributed by atoms with E-state index in [9.17, 15) is 18.0 Å². The number of nitrogens with one attached hydrogen (secondary N) is 1. The average Bonchev–Trinajstić information content (AvgIpc) is 3.29. The minimum absolute atomic E-state index is 0.0511. The van der Waals surface area contributed by atoms with Gasteiger partial charge in [-0.3, -0.25) is 9.69 Å². The molecule has 0 radical (unpaired) electrons. The van der Waals surface area contributed by atoms with Crippen LogP contribution in [0.2, 0.25) is 0 Å². The normalized spacial score (nSPS) is 21.0. The molecule has 0 aromatic heterocycles. The van der Waals surface area contributed by atoms with Crippen molar-refractivity contribution in [2.75, 3.05) is 30.0 Å². The molecule has 1 aromatic carbocycles. The molecule has 2 amide bonds. The lowest BCUT2D eigenvalue weighted by atomic mass is 10.1. The maximum Gasteiger partial charge on any atom is 0.414 e. The number of anilines is 1. The lowest BCUT2D eigenvalue weighted by Gasteiger charge is -2.14. The Morgan fingerprint density at radius 1 is 1.38 bits per heavy atom. The zero-order chi connectivity index (χ0) is 18.9. The first-order valence-corrected chi connectivity index (χ1v) is 10.2. The largest absolute Gasteiger partial charge is 0.442 e. The van der Waals surface area contributed by atoms with Crippen LogP contribution in [0.4, 0.5) is 10.5 Å². The summed E-state index contributed by atoms with van der Waals surface area (Å²) in [5.74, 6) is -1.22. The molecule has 1 aromatic rings. The summed E-state index contributed by atoms with van der Waals surface area (Å²) in [5.41, 5.74) is 1.22. The summed E-state index contributed by atoms with van der Waals surface area (Å²) in [5, 5.41) is 2.46. The predicted molar refractivity (Wildman–Crippen MR) is 94.3 cm³/mol. The highest BCUT2D eigenvalue weighted by molar-refractivity contribution is 7.91. The van der Waals surface area contributed by atoms with Crippen LogP contribution in [0.15, 0.2) is 24.3 Å². The van der Waals surface area contributed by atoms with Crippen LogP contribution in [0.25, 0.3) is 4.85 Å². The van der Waals surface area contributed by atoms with E-state index in [0.717, 1.165) is 24.7 Å². The minimum atomic E-state index is -3.40. The summed E-state index contributed by atoms with van der Waals surface area (Å²) >= 11 is 0. The molecule has 8 nitrogen and oxygen atoms in total. The molecule has 2 fully saturated rings. The number of carbonyl (C=O) groups is 2. The molecule has 1 atom stereocenters. The Kier molecular flexibility index (Phi) is 4.63. The van der Waals surface area contributed by atoms with Gasteiger partial charge in [0.15, 0.2) is 9.84 Å². The monoisotopic (exact) mass is 377 g/mol. The van der Waals surface area contributed by atoms with Crippen molar-refractivity contribution in [1.82, 2.24) is 5.32 Å². The smallest absolute Gasteiger partial charge is 0.414 e. The number of nitrogens with zero attached hydrogens (tertiary/aromatic N) is 2. The summed E-state index contributed by atoms with van der Waals surface area (Å²) in [6.07, 6.45) is 1.62. The molecule has 1 aliphatic heterocycles. The second-order valence-electron chi connectivity index (χ2n) is 6.68. The number of sulfone groups is 1. The van der Waals surface area contributed by atoms with Crippen molar-refractivity contribution in [3.8, 4) is 0 Å². The number of amides is 2. The Labute approximate surface area is 151 Å². The van der Waals surface area contributed by atoms with Gasteiger partial charge in [0.1, 0.15) is 11.9 Å². The topological polar surface area (TPSA) is 97.1 Å². The summed E-state index contributed by atoms with van der Waals surface area (Å²) in [6.45, 7) is 7.59. The first kappa shape index (κ1) is 18.2. The Morgan fingerprint density at radius 2 is 2.04 bits per heavy atom. The van der Waals surface area contributed by atoms with Crippen molar-refractivity contribution in [3.05, 3.63) is 41.2 Å². The van der Waals surface area contributed by atoms with Gasteiger partial charge in [0.05, 0.1) is 13.1 Å². The summed E-state index contributed by atoms with van der Waals surface area (Å²) in [6, 6.07) is 7.28. The number of cyclic esters (lactones) is 1. The van der Waals surface area contributed by atoms with Gasteiger partial charge in [-0.2, -0.15) is 0 Å². The highest BCUT2D eigenvalue weighted by atomic mass is 32.2. The molecule has 0 bridgehead atoms. The third-order valence-corrected chi connectivity index (χ3v) is 5.23. The lowest BCUT2D eigenvalue weighted by Crippen LogP contribution is -2.37. The fraction of sp³-hybridized carbons (Fsp3) is 0.471. The van der Waals surface area contributed by atoms with E-state index in [0.29, 0.717) is 5.69 Å². The van der Waals surface area contributed by atoms with Crippen molar-refractivity contribution < 1.29 is 22.7 Å². The molecule has 26 heavy (non-hydrogen) atoms. The van der Waals surface area contributed by atoms with Crippen LogP contribution in [-0.4, -0.2) is 51.6 Å². The third-order valence-electron chi connectivity index (χ3n) is 4.45. The quantitative estimate of drug-likeness (QED) is 0.749. The Balaban J connectivity index is 1.58. The van der Waals surface area contributed by atoms with Gasteiger partial charge in [0.25, 0.3) is 5.54 Å². The van der Waals surface area contributed by atoms with E-state index >= 15 is 0 Å².